The van der Waals surface area contributed by atoms with Gasteiger partial charge in [0, 0.05) is 0 Å². The van der Waals surface area contributed by atoms with E-state index in [4.69, 9.17) is 17.0 Å². The number of ether oxygens (including phenoxy) is 1. The summed E-state index contributed by atoms with van der Waals surface area (Å²) >= 11 is 6.20. The Balaban J connectivity index is 1.76. The van der Waals surface area contributed by atoms with Crippen LogP contribution in [0.15, 0.2) is 77.1 Å². The van der Waals surface area contributed by atoms with E-state index in [0.717, 1.165) is 22.3 Å². The summed E-state index contributed by atoms with van der Waals surface area (Å²) in [4.78, 5) is 15.2. The van der Waals surface area contributed by atoms with Gasteiger partial charge in [0.15, 0.2) is 4.32 Å². The SMILES string of the molecule is C=CCOc1ccc(/C=C2/SC(=S)N(NS(=O)(=O)c3ccccc3)C2=O)cc1. The first-order chi connectivity index (χ1) is 13.4. The van der Waals surface area contributed by atoms with Crippen LogP contribution in [0.25, 0.3) is 6.08 Å². The van der Waals surface area contributed by atoms with Crippen LogP contribution in [0.1, 0.15) is 5.56 Å². The maximum absolute atomic E-state index is 12.6. The summed E-state index contributed by atoms with van der Waals surface area (Å²) in [6.07, 6.45) is 3.29. The number of carbonyl (C=O) groups is 1. The van der Waals surface area contributed by atoms with Crippen LogP contribution in [0.5, 0.6) is 5.75 Å². The Bertz CT molecular complexity index is 1030. The fourth-order valence-corrected chi connectivity index (χ4v) is 4.62. The van der Waals surface area contributed by atoms with E-state index in [1.165, 1.54) is 12.1 Å². The molecule has 1 saturated heterocycles. The molecule has 3 rings (SSSR count). The van der Waals surface area contributed by atoms with E-state index < -0.39 is 15.9 Å². The van der Waals surface area contributed by atoms with Crippen molar-refractivity contribution in [1.82, 2.24) is 9.84 Å². The Kier molecular flexibility index (Phi) is 6.30. The molecule has 0 bridgehead atoms. The Morgan fingerprint density at radius 3 is 2.46 bits per heavy atom. The molecule has 1 N–H and O–H groups in total. The largest absolute Gasteiger partial charge is 0.490 e. The lowest BCUT2D eigenvalue weighted by atomic mass is 10.2. The van der Waals surface area contributed by atoms with Gasteiger partial charge in [0.25, 0.3) is 15.9 Å². The van der Waals surface area contributed by atoms with Crippen molar-refractivity contribution in [3.63, 3.8) is 0 Å². The number of amides is 1. The highest BCUT2D eigenvalue weighted by molar-refractivity contribution is 8.26. The zero-order chi connectivity index (χ0) is 20.1. The second kappa shape index (κ2) is 8.70. The topological polar surface area (TPSA) is 75.7 Å². The number of thioether (sulfide) groups is 1. The lowest BCUT2D eigenvalue weighted by molar-refractivity contribution is -0.123. The summed E-state index contributed by atoms with van der Waals surface area (Å²) in [7, 11) is -3.92. The highest BCUT2D eigenvalue weighted by atomic mass is 32.2. The molecule has 0 spiro atoms. The zero-order valence-corrected chi connectivity index (χ0v) is 17.0. The van der Waals surface area contributed by atoms with Gasteiger partial charge < -0.3 is 4.74 Å². The molecule has 1 heterocycles. The summed E-state index contributed by atoms with van der Waals surface area (Å²) in [6.45, 7) is 3.99. The predicted molar refractivity (Wildman–Crippen MR) is 114 cm³/mol. The molecule has 0 radical (unpaired) electrons. The molecule has 144 valence electrons. The third-order valence-electron chi connectivity index (χ3n) is 3.60. The fourth-order valence-electron chi connectivity index (χ4n) is 2.29. The van der Waals surface area contributed by atoms with Gasteiger partial charge in [-0.3, -0.25) is 4.79 Å². The number of rotatable bonds is 7. The fraction of sp³-hybridized carbons (Fsp3) is 0.0526. The van der Waals surface area contributed by atoms with Crippen LogP contribution < -0.4 is 9.57 Å². The highest BCUT2D eigenvalue weighted by Gasteiger charge is 2.35. The minimum atomic E-state index is -3.92. The molecule has 1 amide bonds. The Morgan fingerprint density at radius 2 is 1.82 bits per heavy atom. The number of nitrogens with zero attached hydrogens (tertiary/aromatic N) is 1. The Hall–Kier alpha value is -2.46. The quantitative estimate of drug-likeness (QED) is 0.411. The molecule has 1 aliphatic heterocycles. The van der Waals surface area contributed by atoms with Crippen molar-refractivity contribution in [3.05, 3.63) is 77.7 Å². The number of hydrogen-bond donors (Lipinski definition) is 1. The van der Waals surface area contributed by atoms with Crippen molar-refractivity contribution in [3.8, 4) is 5.75 Å². The van der Waals surface area contributed by atoms with Crippen molar-refractivity contribution >= 4 is 50.3 Å². The second-order valence-electron chi connectivity index (χ2n) is 5.59. The van der Waals surface area contributed by atoms with Gasteiger partial charge >= 0.3 is 0 Å². The highest BCUT2D eigenvalue weighted by Crippen LogP contribution is 2.32. The predicted octanol–water partition coefficient (Wildman–Crippen LogP) is 3.35. The van der Waals surface area contributed by atoms with E-state index in [-0.39, 0.29) is 9.22 Å². The molecule has 0 unspecified atom stereocenters. The van der Waals surface area contributed by atoms with Gasteiger partial charge in [-0.05, 0) is 35.9 Å². The van der Waals surface area contributed by atoms with Crippen LogP contribution in [0.3, 0.4) is 0 Å². The van der Waals surface area contributed by atoms with Gasteiger partial charge in [0.2, 0.25) is 0 Å². The molecule has 2 aromatic rings. The van der Waals surface area contributed by atoms with Crippen molar-refractivity contribution in [2.45, 2.75) is 4.90 Å². The van der Waals surface area contributed by atoms with E-state index in [1.54, 1.807) is 54.6 Å². The van der Waals surface area contributed by atoms with E-state index >= 15 is 0 Å². The van der Waals surface area contributed by atoms with Crippen LogP contribution in [-0.2, 0) is 14.8 Å². The molecule has 28 heavy (non-hydrogen) atoms. The standard InChI is InChI=1S/C19H16N2O4S3/c1-2-12-25-15-10-8-14(9-11-15)13-17-18(22)21(19(26)27-17)20-28(23,24)16-6-4-3-5-7-16/h2-11,13,20H,1,12H2/b17-13+. The lowest BCUT2D eigenvalue weighted by Gasteiger charge is -2.15. The van der Waals surface area contributed by atoms with Crippen molar-refractivity contribution < 1.29 is 17.9 Å². The number of benzene rings is 2. The van der Waals surface area contributed by atoms with Crippen molar-refractivity contribution in [2.75, 3.05) is 6.61 Å². The summed E-state index contributed by atoms with van der Waals surface area (Å²) < 4.78 is 30.4. The van der Waals surface area contributed by atoms with Gasteiger partial charge in [-0.15, -0.1) is 4.83 Å². The average molecular weight is 433 g/mol. The second-order valence-corrected chi connectivity index (χ2v) is 8.93. The summed E-state index contributed by atoms with van der Waals surface area (Å²) in [6, 6.07) is 14.9. The minimum Gasteiger partial charge on any atom is -0.490 e. The normalized spacial score (nSPS) is 15.9. The third-order valence-corrected chi connectivity index (χ3v) is 6.22. The maximum Gasteiger partial charge on any atom is 0.281 e. The number of sulfonamides is 1. The molecular formula is C19H16N2O4S3. The van der Waals surface area contributed by atoms with Crippen molar-refractivity contribution in [1.29, 1.82) is 0 Å². The van der Waals surface area contributed by atoms with E-state index in [9.17, 15) is 13.2 Å². The molecule has 0 atom stereocenters. The van der Waals surface area contributed by atoms with Crippen LogP contribution in [0.2, 0.25) is 0 Å². The van der Waals surface area contributed by atoms with Gasteiger partial charge in [-0.2, -0.15) is 0 Å². The van der Waals surface area contributed by atoms with Gasteiger partial charge in [0.05, 0.1) is 9.80 Å². The first kappa shape index (κ1) is 20.3. The monoisotopic (exact) mass is 432 g/mol. The molecular weight excluding hydrogens is 416 g/mol. The summed E-state index contributed by atoms with van der Waals surface area (Å²) in [5, 5.41) is 0.871. The molecule has 0 aromatic heterocycles. The number of nitrogens with one attached hydrogen (secondary N) is 1. The number of hydrogen-bond acceptors (Lipinski definition) is 6. The van der Waals surface area contributed by atoms with Crippen LogP contribution in [-0.4, -0.2) is 30.3 Å². The first-order valence-electron chi connectivity index (χ1n) is 8.10. The number of hydrazine groups is 1. The molecule has 0 aliphatic carbocycles. The minimum absolute atomic E-state index is 0.0446. The van der Waals surface area contributed by atoms with E-state index in [2.05, 4.69) is 11.4 Å². The molecule has 2 aromatic carbocycles. The average Bonchev–Trinajstić information content (AvgIpc) is 2.95. The third kappa shape index (κ3) is 4.68. The first-order valence-corrected chi connectivity index (χ1v) is 10.8. The molecule has 6 nitrogen and oxygen atoms in total. The van der Waals surface area contributed by atoms with Gasteiger partial charge in [-0.1, -0.05) is 67.0 Å². The smallest absolute Gasteiger partial charge is 0.281 e. The number of carbonyl (C=O) groups excluding carboxylic acids is 1. The Morgan fingerprint density at radius 1 is 1.14 bits per heavy atom. The molecule has 9 heteroatoms. The summed E-state index contributed by atoms with van der Waals surface area (Å²) in [5.74, 6) is 0.154. The molecule has 1 fully saturated rings. The summed E-state index contributed by atoms with van der Waals surface area (Å²) in [5.41, 5.74) is 0.761. The van der Waals surface area contributed by atoms with E-state index in [0.29, 0.717) is 17.3 Å². The lowest BCUT2D eigenvalue weighted by Crippen LogP contribution is -2.44. The molecule has 1 aliphatic rings. The van der Waals surface area contributed by atoms with E-state index in [1.807, 2.05) is 0 Å². The van der Waals surface area contributed by atoms with Crippen LogP contribution >= 0.6 is 24.0 Å². The zero-order valence-electron chi connectivity index (χ0n) is 14.6. The van der Waals surface area contributed by atoms with Crippen molar-refractivity contribution in [2.24, 2.45) is 0 Å². The maximum atomic E-state index is 12.6. The molecule has 0 saturated carbocycles. The van der Waals surface area contributed by atoms with Crippen LogP contribution in [0, 0.1) is 0 Å². The van der Waals surface area contributed by atoms with Crippen LogP contribution in [0.4, 0.5) is 0 Å². The Labute approximate surface area is 172 Å². The number of thiocarbonyl (C=S) groups is 1. The van der Waals surface area contributed by atoms with Gasteiger partial charge in [-0.25, -0.2) is 13.4 Å². The van der Waals surface area contributed by atoms with Gasteiger partial charge in [0.1, 0.15) is 12.4 Å².